The summed E-state index contributed by atoms with van der Waals surface area (Å²) in [5, 5.41) is 1.06. The fourth-order valence-corrected chi connectivity index (χ4v) is 5.76. The molecule has 0 bridgehead atoms. The highest BCUT2D eigenvalue weighted by atomic mass is 16.5. The number of carbonyl (C=O) groups excluding carboxylic acids is 2. The minimum Gasteiger partial charge on any atom is -0.494 e. The highest BCUT2D eigenvalue weighted by Crippen LogP contribution is 2.50. The second kappa shape index (κ2) is 9.04. The van der Waals surface area contributed by atoms with E-state index in [4.69, 9.17) is 4.74 Å². The van der Waals surface area contributed by atoms with E-state index in [9.17, 15) is 9.59 Å². The Morgan fingerprint density at radius 1 is 1.11 bits per heavy atom. The van der Waals surface area contributed by atoms with Crippen molar-refractivity contribution in [1.29, 1.82) is 0 Å². The highest BCUT2D eigenvalue weighted by molar-refractivity contribution is 6.08. The smallest absolute Gasteiger partial charge is 0.328 e. The molecule has 2 atom stereocenters. The molecule has 5 rings (SSSR count). The van der Waals surface area contributed by atoms with Crippen LogP contribution in [0.2, 0.25) is 0 Å². The molecule has 3 amide bonds. The highest BCUT2D eigenvalue weighted by Gasteiger charge is 2.61. The molecule has 1 aromatic heterocycles. The van der Waals surface area contributed by atoms with Crippen LogP contribution in [-0.2, 0) is 11.2 Å². The first-order valence-electron chi connectivity index (χ1n) is 12.5. The first kappa shape index (κ1) is 23.4. The summed E-state index contributed by atoms with van der Waals surface area (Å²) in [6.45, 7) is 5.84. The molecule has 2 aromatic carbocycles. The van der Waals surface area contributed by atoms with E-state index in [1.165, 1.54) is 4.90 Å². The van der Waals surface area contributed by atoms with Crippen molar-refractivity contribution in [3.05, 3.63) is 65.4 Å². The summed E-state index contributed by atoms with van der Waals surface area (Å²) in [5.74, 6) is 0.732. The van der Waals surface area contributed by atoms with E-state index in [-0.39, 0.29) is 18.0 Å². The fourth-order valence-electron chi connectivity index (χ4n) is 5.76. The van der Waals surface area contributed by atoms with Gasteiger partial charge in [-0.3, -0.25) is 14.6 Å². The Morgan fingerprint density at radius 2 is 1.89 bits per heavy atom. The van der Waals surface area contributed by atoms with Gasteiger partial charge in [0.25, 0.3) is 5.91 Å². The molecule has 2 unspecified atom stereocenters. The Morgan fingerprint density at radius 3 is 2.57 bits per heavy atom. The second-order valence-electron chi connectivity index (χ2n) is 9.80. The van der Waals surface area contributed by atoms with Gasteiger partial charge in [-0.1, -0.05) is 37.3 Å². The Hall–Kier alpha value is -3.32. The number of aromatic amines is 1. The lowest BCUT2D eigenvalue weighted by Gasteiger charge is -2.44. The summed E-state index contributed by atoms with van der Waals surface area (Å²) < 4.78 is 5.79. The zero-order chi connectivity index (χ0) is 24.7. The van der Waals surface area contributed by atoms with Crippen molar-refractivity contribution >= 4 is 22.8 Å². The number of amides is 3. The number of fused-ring (bicyclic) bond motifs is 4. The predicted molar refractivity (Wildman–Crippen MR) is 137 cm³/mol. The van der Waals surface area contributed by atoms with Crippen LogP contribution in [-0.4, -0.2) is 71.0 Å². The van der Waals surface area contributed by atoms with Gasteiger partial charge in [0.1, 0.15) is 17.3 Å². The summed E-state index contributed by atoms with van der Waals surface area (Å²) in [6.07, 6.45) is 1.80. The van der Waals surface area contributed by atoms with Gasteiger partial charge in [-0.15, -0.1) is 0 Å². The van der Waals surface area contributed by atoms with Gasteiger partial charge in [0.2, 0.25) is 0 Å². The zero-order valence-corrected chi connectivity index (χ0v) is 21.0. The molecule has 1 saturated heterocycles. The molecule has 184 valence electrons. The summed E-state index contributed by atoms with van der Waals surface area (Å²) in [5.41, 5.74) is 3.18. The number of hydrogen-bond acceptors (Lipinski definition) is 4. The Labute approximate surface area is 206 Å². The third-order valence-electron chi connectivity index (χ3n) is 7.45. The van der Waals surface area contributed by atoms with E-state index in [2.05, 4.69) is 16.0 Å². The number of rotatable bonds is 8. The van der Waals surface area contributed by atoms with Crippen molar-refractivity contribution in [2.45, 2.75) is 44.7 Å². The van der Waals surface area contributed by atoms with Crippen molar-refractivity contribution in [1.82, 2.24) is 19.7 Å². The number of nitrogens with one attached hydrogen (secondary N) is 1. The Balaban J connectivity index is 1.67. The maximum absolute atomic E-state index is 14.0. The molecule has 0 aliphatic carbocycles. The largest absolute Gasteiger partial charge is 0.494 e. The van der Waals surface area contributed by atoms with Crippen LogP contribution in [0.15, 0.2) is 48.5 Å². The van der Waals surface area contributed by atoms with Crippen molar-refractivity contribution in [2.24, 2.45) is 0 Å². The first-order chi connectivity index (χ1) is 16.9. The lowest BCUT2D eigenvalue weighted by molar-refractivity contribution is -0.134. The van der Waals surface area contributed by atoms with Gasteiger partial charge in [-0.25, -0.2) is 4.79 Å². The molecular weight excluding hydrogens is 440 g/mol. The van der Waals surface area contributed by atoms with Gasteiger partial charge in [-0.2, -0.15) is 0 Å². The van der Waals surface area contributed by atoms with Crippen LogP contribution in [0.1, 0.15) is 49.6 Å². The quantitative estimate of drug-likeness (QED) is 0.486. The molecule has 1 fully saturated rings. The van der Waals surface area contributed by atoms with Gasteiger partial charge in [0, 0.05) is 29.6 Å². The number of ether oxygens (including phenoxy) is 1. The molecule has 2 aliphatic rings. The number of hydrogen-bond donors (Lipinski definition) is 1. The minimum absolute atomic E-state index is 0.0781. The summed E-state index contributed by atoms with van der Waals surface area (Å²) in [4.78, 5) is 37.0. The van der Waals surface area contributed by atoms with E-state index >= 15 is 0 Å². The molecule has 35 heavy (non-hydrogen) atoms. The molecule has 0 spiro atoms. The van der Waals surface area contributed by atoms with Crippen LogP contribution >= 0.6 is 0 Å². The monoisotopic (exact) mass is 474 g/mol. The second-order valence-corrected chi connectivity index (χ2v) is 9.80. The number of aromatic nitrogens is 1. The van der Waals surface area contributed by atoms with Gasteiger partial charge in [0.15, 0.2) is 0 Å². The molecule has 0 radical (unpaired) electrons. The van der Waals surface area contributed by atoms with E-state index in [0.717, 1.165) is 46.4 Å². The van der Waals surface area contributed by atoms with Crippen LogP contribution in [0.25, 0.3) is 10.9 Å². The number of H-pyrrole nitrogens is 1. The molecule has 1 N–H and O–H groups in total. The molecule has 2 aliphatic heterocycles. The number of carbonyl (C=O) groups is 2. The van der Waals surface area contributed by atoms with Crippen LogP contribution in [0, 0.1) is 0 Å². The van der Waals surface area contributed by atoms with Crippen molar-refractivity contribution in [3.63, 3.8) is 0 Å². The zero-order valence-electron chi connectivity index (χ0n) is 21.0. The minimum atomic E-state index is -0.903. The van der Waals surface area contributed by atoms with Crippen LogP contribution in [0.5, 0.6) is 5.75 Å². The number of nitrogens with zero attached hydrogens (tertiary/aromatic N) is 3. The van der Waals surface area contributed by atoms with E-state index in [0.29, 0.717) is 26.0 Å². The normalized spacial score (nSPS) is 21.7. The van der Waals surface area contributed by atoms with Crippen molar-refractivity contribution in [2.75, 3.05) is 33.8 Å². The molecule has 7 nitrogen and oxygen atoms in total. The molecular formula is C28H34N4O3. The lowest BCUT2D eigenvalue weighted by Crippen LogP contribution is -2.55. The van der Waals surface area contributed by atoms with E-state index in [1.807, 2.05) is 75.3 Å². The maximum Gasteiger partial charge on any atom is 0.328 e. The summed E-state index contributed by atoms with van der Waals surface area (Å²) in [7, 11) is 4.01. The summed E-state index contributed by atoms with van der Waals surface area (Å²) >= 11 is 0. The molecule has 3 heterocycles. The average molecular weight is 475 g/mol. The maximum atomic E-state index is 14.0. The number of urea groups is 1. The third kappa shape index (κ3) is 3.69. The first-order valence-corrected chi connectivity index (χ1v) is 12.5. The van der Waals surface area contributed by atoms with Crippen LogP contribution < -0.4 is 4.74 Å². The predicted octanol–water partition coefficient (Wildman–Crippen LogP) is 4.58. The SMILES string of the molecule is CCOc1ccc2[nH]c3c(c2c1)CC1(CC)C(=O)N(CCCN(C)C)C(=O)N1C3c1ccccc1. The van der Waals surface area contributed by atoms with Gasteiger partial charge < -0.3 is 14.6 Å². The van der Waals surface area contributed by atoms with Gasteiger partial charge >= 0.3 is 6.03 Å². The van der Waals surface area contributed by atoms with E-state index in [1.54, 1.807) is 0 Å². The third-order valence-corrected chi connectivity index (χ3v) is 7.45. The van der Waals surface area contributed by atoms with Gasteiger partial charge in [-0.05, 0) is 69.7 Å². The van der Waals surface area contributed by atoms with E-state index < -0.39 is 5.54 Å². The number of benzene rings is 2. The fraction of sp³-hybridized carbons (Fsp3) is 0.429. The lowest BCUT2D eigenvalue weighted by atomic mass is 9.78. The molecule has 0 saturated carbocycles. The topological polar surface area (TPSA) is 68.9 Å². The van der Waals surface area contributed by atoms with Crippen molar-refractivity contribution in [3.8, 4) is 5.75 Å². The van der Waals surface area contributed by atoms with Crippen LogP contribution in [0.3, 0.4) is 0 Å². The molecule has 7 heteroatoms. The molecule has 3 aromatic rings. The Kier molecular flexibility index (Phi) is 6.05. The summed E-state index contributed by atoms with van der Waals surface area (Å²) in [6, 6.07) is 15.5. The van der Waals surface area contributed by atoms with Crippen LogP contribution in [0.4, 0.5) is 4.79 Å². The standard InChI is InChI=1S/C28H34N4O3/c1-5-28-18-22-21-17-20(35-6-2)13-14-23(21)29-24(22)25(19-11-8-7-9-12-19)32(28)27(34)31(26(28)33)16-10-15-30(3)4/h7-9,11-14,17,25,29H,5-6,10,15-16,18H2,1-4H3. The Bertz CT molecular complexity index is 1250. The van der Waals surface area contributed by atoms with Crippen molar-refractivity contribution < 1.29 is 14.3 Å². The average Bonchev–Trinajstić information content (AvgIpc) is 3.31. The number of imide groups is 1. The van der Waals surface area contributed by atoms with Gasteiger partial charge in [0.05, 0.1) is 6.61 Å².